The average molecular weight is 460 g/mol. The van der Waals surface area contributed by atoms with E-state index in [1.54, 1.807) is 12.1 Å². The molecule has 3 aromatic carbocycles. The van der Waals surface area contributed by atoms with E-state index in [0.29, 0.717) is 6.42 Å². The molecule has 2 aliphatic rings. The van der Waals surface area contributed by atoms with Crippen molar-refractivity contribution in [3.8, 4) is 11.5 Å². The fraction of sp³-hybridized carbons (Fsp3) is 0.321. The summed E-state index contributed by atoms with van der Waals surface area (Å²) in [6.07, 6.45) is 4.80. The zero-order valence-corrected chi connectivity index (χ0v) is 19.2. The summed E-state index contributed by atoms with van der Waals surface area (Å²) in [7, 11) is 0. The number of hydrogen-bond donors (Lipinski definition) is 1. The third-order valence-electron chi connectivity index (χ3n) is 6.73. The molecule has 5 rings (SSSR count). The highest BCUT2D eigenvalue weighted by Gasteiger charge is 2.37. The Morgan fingerprint density at radius 3 is 2.29 bits per heavy atom. The molecule has 1 saturated heterocycles. The summed E-state index contributed by atoms with van der Waals surface area (Å²) in [5.74, 6) is 1.40. The lowest BCUT2D eigenvalue weighted by molar-refractivity contribution is -0.0333. The summed E-state index contributed by atoms with van der Waals surface area (Å²) in [5, 5.41) is 17.7. The van der Waals surface area contributed by atoms with Crippen molar-refractivity contribution in [2.24, 2.45) is 5.10 Å². The number of nitrogens with zero attached hydrogens (tertiary/aromatic N) is 3. The fourth-order valence-electron chi connectivity index (χ4n) is 4.81. The molecule has 0 amide bonds. The molecule has 2 heterocycles. The molecule has 176 valence electrons. The van der Waals surface area contributed by atoms with Crippen LogP contribution < -0.4 is 9.75 Å². The van der Waals surface area contributed by atoms with E-state index >= 15 is 0 Å². The Bertz CT molecular complexity index is 1090. The van der Waals surface area contributed by atoms with Gasteiger partial charge in [0.05, 0.1) is 17.3 Å². The lowest BCUT2D eigenvalue weighted by Crippen LogP contribution is -2.47. The maximum absolute atomic E-state index is 13.3. The third kappa shape index (κ3) is 5.46. The molecular formula is C28H30FN3O2. The molecular weight excluding hydrogens is 429 g/mol. The second-order valence-corrected chi connectivity index (χ2v) is 9.27. The minimum absolute atomic E-state index is 0.0965. The highest BCUT2D eigenvalue weighted by Crippen LogP contribution is 2.33. The van der Waals surface area contributed by atoms with Crippen molar-refractivity contribution in [3.63, 3.8) is 0 Å². The minimum atomic E-state index is -0.708. The summed E-state index contributed by atoms with van der Waals surface area (Å²) in [6, 6.07) is 24.5. The molecule has 0 aromatic heterocycles. The van der Waals surface area contributed by atoms with Gasteiger partial charge in [-0.2, -0.15) is 5.10 Å². The van der Waals surface area contributed by atoms with Gasteiger partial charge in [-0.1, -0.05) is 30.3 Å². The summed E-state index contributed by atoms with van der Waals surface area (Å²) in [5.41, 5.74) is 1.39. The first-order valence-corrected chi connectivity index (χ1v) is 11.9. The number of hydrazone groups is 1. The molecule has 0 radical (unpaired) electrons. The van der Waals surface area contributed by atoms with Gasteiger partial charge in [0.25, 0.3) is 0 Å². The summed E-state index contributed by atoms with van der Waals surface area (Å²) in [4.78, 5) is 2.39. The maximum Gasteiger partial charge on any atom is 0.127 e. The molecule has 5 nitrogen and oxygen atoms in total. The number of anilines is 1. The zero-order valence-electron chi connectivity index (χ0n) is 19.2. The number of aliphatic hydroxyl groups is 1. The van der Waals surface area contributed by atoms with Crippen LogP contribution in [0.3, 0.4) is 0 Å². The van der Waals surface area contributed by atoms with Crippen LogP contribution in [-0.4, -0.2) is 41.0 Å². The van der Waals surface area contributed by atoms with Crippen LogP contribution in [0, 0.1) is 5.82 Å². The van der Waals surface area contributed by atoms with Gasteiger partial charge in [0.1, 0.15) is 17.3 Å². The SMILES string of the molecule is OC1(CC2CC=NN2c2ccc(F)cc2)CCN(Cc2ccc(Oc3ccccc3)cc2)CC1. The van der Waals surface area contributed by atoms with Gasteiger partial charge >= 0.3 is 0 Å². The second kappa shape index (κ2) is 9.95. The van der Waals surface area contributed by atoms with Gasteiger partial charge in [-0.3, -0.25) is 9.91 Å². The van der Waals surface area contributed by atoms with Gasteiger partial charge < -0.3 is 9.84 Å². The Balaban J connectivity index is 1.13. The number of benzene rings is 3. The predicted molar refractivity (Wildman–Crippen MR) is 133 cm³/mol. The number of ether oxygens (including phenoxy) is 1. The van der Waals surface area contributed by atoms with Gasteiger partial charge in [0.15, 0.2) is 0 Å². The summed E-state index contributed by atoms with van der Waals surface area (Å²) < 4.78 is 19.2. The first-order chi connectivity index (χ1) is 16.6. The average Bonchev–Trinajstić information content (AvgIpc) is 3.31. The normalized spacial score (nSPS) is 19.9. The van der Waals surface area contributed by atoms with Crippen LogP contribution in [0.25, 0.3) is 0 Å². The summed E-state index contributed by atoms with van der Waals surface area (Å²) >= 11 is 0. The Morgan fingerprint density at radius 1 is 0.912 bits per heavy atom. The monoisotopic (exact) mass is 459 g/mol. The molecule has 1 unspecified atom stereocenters. The summed E-state index contributed by atoms with van der Waals surface area (Å²) in [6.45, 7) is 2.56. The first kappa shape index (κ1) is 22.6. The van der Waals surface area contributed by atoms with Gasteiger partial charge in [-0.25, -0.2) is 4.39 Å². The van der Waals surface area contributed by atoms with Crippen LogP contribution in [0.1, 0.15) is 31.2 Å². The Hall–Kier alpha value is -3.22. The first-order valence-electron chi connectivity index (χ1n) is 11.9. The number of hydrogen-bond acceptors (Lipinski definition) is 5. The zero-order chi connectivity index (χ0) is 23.4. The fourth-order valence-corrected chi connectivity index (χ4v) is 4.81. The smallest absolute Gasteiger partial charge is 0.127 e. The van der Waals surface area contributed by atoms with Crippen LogP contribution in [0.4, 0.5) is 10.1 Å². The Labute approximate surface area is 200 Å². The van der Waals surface area contributed by atoms with Crippen LogP contribution in [0.5, 0.6) is 11.5 Å². The highest BCUT2D eigenvalue weighted by atomic mass is 19.1. The molecule has 1 N–H and O–H groups in total. The van der Waals surface area contributed by atoms with Gasteiger partial charge in [0, 0.05) is 32.3 Å². The van der Waals surface area contributed by atoms with Crippen LogP contribution in [0.15, 0.2) is 84.0 Å². The molecule has 3 aromatic rings. The van der Waals surface area contributed by atoms with Crippen molar-refractivity contribution >= 4 is 11.9 Å². The van der Waals surface area contributed by atoms with Crippen molar-refractivity contribution < 1.29 is 14.2 Å². The van der Waals surface area contributed by atoms with Crippen molar-refractivity contribution in [2.45, 2.75) is 43.9 Å². The van der Waals surface area contributed by atoms with E-state index in [1.165, 1.54) is 17.7 Å². The van der Waals surface area contributed by atoms with Crippen molar-refractivity contribution in [1.29, 1.82) is 0 Å². The largest absolute Gasteiger partial charge is 0.457 e. The molecule has 1 fully saturated rings. The number of halogens is 1. The van der Waals surface area contributed by atoms with E-state index in [-0.39, 0.29) is 11.9 Å². The standard InChI is InChI=1S/C28H30FN3O2/c29-23-8-10-24(11-9-23)32-25(14-17-30-32)20-28(33)15-18-31(19-16-28)21-22-6-12-27(13-7-22)34-26-4-2-1-3-5-26/h1-13,17,25,33H,14-16,18-21H2. The van der Waals surface area contributed by atoms with Crippen molar-refractivity contribution in [2.75, 3.05) is 18.1 Å². The van der Waals surface area contributed by atoms with Crippen molar-refractivity contribution in [1.82, 2.24) is 4.90 Å². The molecule has 0 bridgehead atoms. The molecule has 0 aliphatic carbocycles. The third-order valence-corrected chi connectivity index (χ3v) is 6.73. The van der Waals surface area contributed by atoms with Gasteiger partial charge in [-0.05, 0) is 73.4 Å². The molecule has 34 heavy (non-hydrogen) atoms. The topological polar surface area (TPSA) is 48.3 Å². The molecule has 2 aliphatic heterocycles. The van der Waals surface area contributed by atoms with Gasteiger partial charge in [0.2, 0.25) is 0 Å². The lowest BCUT2D eigenvalue weighted by atomic mass is 9.84. The van der Waals surface area contributed by atoms with E-state index < -0.39 is 5.60 Å². The van der Waals surface area contributed by atoms with E-state index in [1.807, 2.05) is 53.7 Å². The quantitative estimate of drug-likeness (QED) is 0.500. The number of piperidine rings is 1. The Kier molecular flexibility index (Phi) is 6.61. The highest BCUT2D eigenvalue weighted by molar-refractivity contribution is 5.66. The second-order valence-electron chi connectivity index (χ2n) is 9.27. The number of rotatable bonds is 7. The van der Waals surface area contributed by atoms with E-state index in [9.17, 15) is 9.50 Å². The molecule has 0 spiro atoms. The molecule has 6 heteroatoms. The predicted octanol–water partition coefficient (Wildman–Crippen LogP) is 5.60. The maximum atomic E-state index is 13.3. The van der Waals surface area contributed by atoms with Gasteiger partial charge in [-0.15, -0.1) is 0 Å². The molecule has 0 saturated carbocycles. The minimum Gasteiger partial charge on any atom is -0.457 e. The number of para-hydroxylation sites is 1. The van der Waals surface area contributed by atoms with E-state index in [4.69, 9.17) is 4.74 Å². The van der Waals surface area contributed by atoms with Crippen molar-refractivity contribution in [3.05, 3.63) is 90.2 Å². The van der Waals surface area contributed by atoms with Crippen LogP contribution >= 0.6 is 0 Å². The van der Waals surface area contributed by atoms with E-state index in [0.717, 1.165) is 56.1 Å². The Morgan fingerprint density at radius 2 is 1.59 bits per heavy atom. The van der Waals surface area contributed by atoms with E-state index in [2.05, 4.69) is 22.1 Å². The lowest BCUT2D eigenvalue weighted by Gasteiger charge is -2.40. The van der Waals surface area contributed by atoms with Crippen LogP contribution in [0.2, 0.25) is 0 Å². The number of likely N-dealkylation sites (tertiary alicyclic amines) is 1. The van der Waals surface area contributed by atoms with Crippen LogP contribution in [-0.2, 0) is 6.54 Å². The molecule has 1 atom stereocenters.